The van der Waals surface area contributed by atoms with Crippen LogP contribution < -0.4 is 14.2 Å². The number of hydrogen-bond acceptors (Lipinski definition) is 4. The van der Waals surface area contributed by atoms with Crippen LogP contribution in [0.1, 0.15) is 15.9 Å². The fourth-order valence-corrected chi connectivity index (χ4v) is 3.75. The van der Waals surface area contributed by atoms with Crippen LogP contribution in [0.15, 0.2) is 67.0 Å². The highest BCUT2D eigenvalue weighted by Gasteiger charge is 2.25. The molecule has 4 aromatic rings. The average molecular weight is 467 g/mol. The zero-order valence-electron chi connectivity index (χ0n) is 18.6. The van der Waals surface area contributed by atoms with Crippen LogP contribution >= 0.6 is 0 Å². The van der Waals surface area contributed by atoms with Gasteiger partial charge in [-0.05, 0) is 24.3 Å². The van der Waals surface area contributed by atoms with E-state index in [2.05, 4.69) is 0 Å². The second-order valence-electron chi connectivity index (χ2n) is 7.32. The first-order valence-corrected chi connectivity index (χ1v) is 10.1. The Morgan fingerprint density at radius 3 is 1.91 bits per heavy atom. The number of hydrogen-bond donors (Lipinski definition) is 0. The number of para-hydroxylation sites is 1. The van der Waals surface area contributed by atoms with Gasteiger partial charge in [0.05, 0.1) is 26.9 Å². The van der Waals surface area contributed by atoms with E-state index in [1.54, 1.807) is 28.8 Å². The lowest BCUT2D eigenvalue weighted by molar-refractivity contribution is 0.103. The SMILES string of the molecule is COc1cc(C(=O)c2cn(-c3ccccc3)cc2-c2c(F)cc(F)cc2F)cc(OC)c1OC. The number of aromatic nitrogens is 1. The van der Waals surface area contributed by atoms with Gasteiger partial charge in [-0.15, -0.1) is 0 Å². The van der Waals surface area contributed by atoms with Gasteiger partial charge in [-0.3, -0.25) is 4.79 Å². The van der Waals surface area contributed by atoms with E-state index < -0.39 is 28.8 Å². The molecule has 0 aliphatic heterocycles. The maximum absolute atomic E-state index is 14.7. The van der Waals surface area contributed by atoms with Crippen LogP contribution in [0, 0.1) is 17.5 Å². The molecule has 0 spiro atoms. The highest BCUT2D eigenvalue weighted by Crippen LogP contribution is 2.40. The van der Waals surface area contributed by atoms with E-state index in [0.29, 0.717) is 23.6 Å². The van der Waals surface area contributed by atoms with Gasteiger partial charge in [0.15, 0.2) is 17.3 Å². The van der Waals surface area contributed by atoms with Crippen molar-refractivity contribution < 1.29 is 32.2 Å². The summed E-state index contributed by atoms with van der Waals surface area (Å²) in [5, 5.41) is 0. The molecule has 0 bridgehead atoms. The molecular weight excluding hydrogens is 447 g/mol. The molecule has 34 heavy (non-hydrogen) atoms. The lowest BCUT2D eigenvalue weighted by Crippen LogP contribution is -2.05. The molecular formula is C26H20F3NO4. The van der Waals surface area contributed by atoms with E-state index in [0.717, 1.165) is 0 Å². The lowest BCUT2D eigenvalue weighted by atomic mass is 9.97. The number of carbonyl (C=O) groups is 1. The quantitative estimate of drug-likeness (QED) is 0.322. The van der Waals surface area contributed by atoms with Crippen LogP contribution in [0.2, 0.25) is 0 Å². The number of methoxy groups -OCH3 is 3. The molecule has 0 saturated carbocycles. The summed E-state index contributed by atoms with van der Waals surface area (Å²) >= 11 is 0. The monoisotopic (exact) mass is 467 g/mol. The van der Waals surface area contributed by atoms with Crippen LogP contribution in [-0.2, 0) is 0 Å². The average Bonchev–Trinajstić information content (AvgIpc) is 3.27. The van der Waals surface area contributed by atoms with Gasteiger partial charge in [-0.25, -0.2) is 13.2 Å². The minimum absolute atomic E-state index is 0.00235. The molecule has 0 aliphatic carbocycles. The predicted molar refractivity (Wildman–Crippen MR) is 121 cm³/mol. The molecule has 0 aliphatic rings. The zero-order valence-corrected chi connectivity index (χ0v) is 18.6. The molecule has 0 fully saturated rings. The Kier molecular flexibility index (Phi) is 6.32. The summed E-state index contributed by atoms with van der Waals surface area (Å²) in [7, 11) is 4.25. The van der Waals surface area contributed by atoms with Gasteiger partial charge in [0.25, 0.3) is 0 Å². The predicted octanol–water partition coefficient (Wildman–Crippen LogP) is 5.82. The molecule has 174 valence electrons. The molecule has 0 radical (unpaired) electrons. The van der Waals surface area contributed by atoms with Gasteiger partial charge < -0.3 is 18.8 Å². The van der Waals surface area contributed by atoms with Crippen LogP contribution in [0.5, 0.6) is 17.2 Å². The number of ketones is 1. The van der Waals surface area contributed by atoms with Crippen molar-refractivity contribution in [2.45, 2.75) is 0 Å². The fraction of sp³-hybridized carbons (Fsp3) is 0.115. The largest absolute Gasteiger partial charge is 0.493 e. The van der Waals surface area contributed by atoms with Gasteiger partial charge in [-0.2, -0.15) is 0 Å². The van der Waals surface area contributed by atoms with Crippen LogP contribution in [-0.4, -0.2) is 31.7 Å². The Morgan fingerprint density at radius 1 is 0.794 bits per heavy atom. The van der Waals surface area contributed by atoms with Crippen LogP contribution in [0.4, 0.5) is 13.2 Å². The van der Waals surface area contributed by atoms with Crippen molar-refractivity contribution in [2.24, 2.45) is 0 Å². The molecule has 0 unspecified atom stereocenters. The topological polar surface area (TPSA) is 49.7 Å². The number of ether oxygens (including phenoxy) is 3. The molecule has 8 heteroatoms. The first-order valence-electron chi connectivity index (χ1n) is 10.1. The summed E-state index contributed by atoms with van der Waals surface area (Å²) in [6.07, 6.45) is 2.90. The molecule has 5 nitrogen and oxygen atoms in total. The van der Waals surface area contributed by atoms with Crippen molar-refractivity contribution in [2.75, 3.05) is 21.3 Å². The summed E-state index contributed by atoms with van der Waals surface area (Å²) < 4.78 is 60.5. The van der Waals surface area contributed by atoms with Gasteiger partial charge in [0.2, 0.25) is 5.75 Å². The summed E-state index contributed by atoms with van der Waals surface area (Å²) in [5.74, 6) is -3.07. The van der Waals surface area contributed by atoms with Gasteiger partial charge in [0, 0.05) is 46.9 Å². The normalized spacial score (nSPS) is 10.8. The molecule has 4 rings (SSSR count). The van der Waals surface area contributed by atoms with Crippen molar-refractivity contribution in [3.05, 3.63) is 95.6 Å². The maximum atomic E-state index is 14.7. The van der Waals surface area contributed by atoms with Gasteiger partial charge in [0.1, 0.15) is 17.5 Å². The first kappa shape index (κ1) is 23.0. The Hall–Kier alpha value is -4.20. The summed E-state index contributed by atoms with van der Waals surface area (Å²) in [6, 6.07) is 13.0. The number of halogens is 3. The van der Waals surface area contributed by atoms with Gasteiger partial charge >= 0.3 is 0 Å². The number of benzene rings is 3. The van der Waals surface area contributed by atoms with E-state index in [4.69, 9.17) is 14.2 Å². The van der Waals surface area contributed by atoms with E-state index in [1.165, 1.54) is 45.9 Å². The third-order valence-electron chi connectivity index (χ3n) is 5.33. The third kappa shape index (κ3) is 4.10. The Balaban J connectivity index is 1.95. The van der Waals surface area contributed by atoms with Crippen molar-refractivity contribution in [1.29, 1.82) is 0 Å². The Bertz CT molecular complexity index is 1320. The van der Waals surface area contributed by atoms with E-state index in [-0.39, 0.29) is 28.2 Å². The highest BCUT2D eigenvalue weighted by molar-refractivity contribution is 6.13. The minimum atomic E-state index is -1.12. The molecule has 0 atom stereocenters. The van der Waals surface area contributed by atoms with Crippen molar-refractivity contribution >= 4 is 5.78 Å². The molecule has 3 aromatic carbocycles. The van der Waals surface area contributed by atoms with Crippen LogP contribution in [0.25, 0.3) is 16.8 Å². The van der Waals surface area contributed by atoms with E-state index in [1.807, 2.05) is 6.07 Å². The number of nitrogens with zero attached hydrogens (tertiary/aromatic N) is 1. The number of rotatable bonds is 7. The zero-order chi connectivity index (χ0) is 24.4. The molecule has 0 saturated heterocycles. The maximum Gasteiger partial charge on any atom is 0.203 e. The summed E-state index contributed by atoms with van der Waals surface area (Å²) in [4.78, 5) is 13.6. The van der Waals surface area contributed by atoms with E-state index in [9.17, 15) is 18.0 Å². The Morgan fingerprint density at radius 2 is 1.38 bits per heavy atom. The molecule has 0 N–H and O–H groups in total. The first-order chi connectivity index (χ1) is 16.4. The smallest absolute Gasteiger partial charge is 0.203 e. The van der Waals surface area contributed by atoms with Crippen molar-refractivity contribution in [3.8, 4) is 34.1 Å². The molecule has 1 aromatic heterocycles. The summed E-state index contributed by atoms with van der Waals surface area (Å²) in [6.45, 7) is 0. The standard InChI is InChI=1S/C26H20F3NO4/c1-32-22-9-15(10-23(33-2)26(22)34-3)25(31)19-14-30(17-7-5-4-6-8-17)13-18(19)24-20(28)11-16(27)12-21(24)29/h4-14H,1-3H3. The fourth-order valence-electron chi connectivity index (χ4n) is 3.75. The molecule has 0 amide bonds. The minimum Gasteiger partial charge on any atom is -0.493 e. The van der Waals surface area contributed by atoms with Crippen molar-refractivity contribution in [3.63, 3.8) is 0 Å². The molecule has 1 heterocycles. The van der Waals surface area contributed by atoms with Gasteiger partial charge in [-0.1, -0.05) is 18.2 Å². The Labute approximate surface area is 193 Å². The van der Waals surface area contributed by atoms with E-state index >= 15 is 0 Å². The lowest BCUT2D eigenvalue weighted by Gasteiger charge is -2.14. The summed E-state index contributed by atoms with van der Waals surface area (Å²) in [5.41, 5.74) is 0.270. The second-order valence-corrected chi connectivity index (χ2v) is 7.32. The van der Waals surface area contributed by atoms with Crippen molar-refractivity contribution in [1.82, 2.24) is 4.57 Å². The van der Waals surface area contributed by atoms with Crippen LogP contribution in [0.3, 0.4) is 0 Å². The third-order valence-corrected chi connectivity index (χ3v) is 5.33. The number of carbonyl (C=O) groups excluding carboxylic acids is 1. The second kappa shape index (κ2) is 9.35. The highest BCUT2D eigenvalue weighted by atomic mass is 19.1.